The van der Waals surface area contributed by atoms with Crippen LogP contribution >= 0.6 is 15.9 Å². The highest BCUT2D eigenvalue weighted by Gasteiger charge is 2.48. The van der Waals surface area contributed by atoms with Crippen molar-refractivity contribution < 1.29 is 0 Å². The molecule has 0 radical (unpaired) electrons. The lowest BCUT2D eigenvalue weighted by molar-refractivity contribution is 0.678. The molecule has 0 bridgehead atoms. The van der Waals surface area contributed by atoms with E-state index < -0.39 is 0 Å². The van der Waals surface area contributed by atoms with E-state index in [1.165, 1.54) is 5.56 Å². The smallest absolute Gasteiger partial charge is 0.255 e. The molecule has 0 atom stereocenters. The molecule has 0 saturated heterocycles. The monoisotopic (exact) mass is 360 g/mol. The van der Waals surface area contributed by atoms with Crippen LogP contribution in [-0.2, 0) is 18.4 Å². The molecular formula is C16H17BrN4O. The van der Waals surface area contributed by atoms with Gasteiger partial charge in [0.15, 0.2) is 0 Å². The first kappa shape index (κ1) is 14.1. The van der Waals surface area contributed by atoms with Crippen molar-refractivity contribution >= 4 is 15.9 Å². The first-order chi connectivity index (χ1) is 10.7. The normalized spacial score (nSPS) is 19.3. The number of aromatic amines is 1. The Morgan fingerprint density at radius 3 is 2.95 bits per heavy atom. The van der Waals surface area contributed by atoms with Gasteiger partial charge in [-0.2, -0.15) is 0 Å². The average molecular weight is 361 g/mol. The zero-order valence-electron chi connectivity index (χ0n) is 12.2. The third-order valence-electron chi connectivity index (χ3n) is 4.65. The number of nitrogens with one attached hydrogen (secondary N) is 2. The second-order valence-electron chi connectivity index (χ2n) is 6.07. The van der Waals surface area contributed by atoms with Crippen LogP contribution in [0.1, 0.15) is 41.9 Å². The lowest BCUT2D eigenvalue weighted by Crippen LogP contribution is -2.26. The molecule has 22 heavy (non-hydrogen) atoms. The first-order valence-electron chi connectivity index (χ1n) is 7.64. The van der Waals surface area contributed by atoms with Crippen LogP contribution in [0, 0.1) is 0 Å². The van der Waals surface area contributed by atoms with Crippen LogP contribution in [0.3, 0.4) is 0 Å². The van der Waals surface area contributed by atoms with Gasteiger partial charge in [-0.1, -0.05) is 0 Å². The van der Waals surface area contributed by atoms with E-state index in [2.05, 4.69) is 31.2 Å². The van der Waals surface area contributed by atoms with Crippen LogP contribution in [0.25, 0.3) is 0 Å². The van der Waals surface area contributed by atoms with Gasteiger partial charge in [0.25, 0.3) is 5.56 Å². The summed E-state index contributed by atoms with van der Waals surface area (Å²) < 4.78 is 0.817. The molecule has 3 heterocycles. The lowest BCUT2D eigenvalue weighted by atomic mass is 9.95. The highest BCUT2D eigenvalue weighted by Crippen LogP contribution is 2.52. The van der Waals surface area contributed by atoms with Crippen molar-refractivity contribution in [1.29, 1.82) is 0 Å². The largest absolute Gasteiger partial charge is 0.312 e. The molecule has 1 fully saturated rings. The van der Waals surface area contributed by atoms with E-state index in [-0.39, 0.29) is 11.0 Å². The van der Waals surface area contributed by atoms with Gasteiger partial charge in [-0.3, -0.25) is 4.79 Å². The summed E-state index contributed by atoms with van der Waals surface area (Å²) in [6, 6.07) is 4.05. The summed E-state index contributed by atoms with van der Waals surface area (Å²) >= 11 is 3.43. The quantitative estimate of drug-likeness (QED) is 0.804. The summed E-state index contributed by atoms with van der Waals surface area (Å²) in [7, 11) is 0. The van der Waals surface area contributed by atoms with Crippen molar-refractivity contribution in [1.82, 2.24) is 20.3 Å². The van der Waals surface area contributed by atoms with Crippen molar-refractivity contribution in [2.45, 2.75) is 37.6 Å². The van der Waals surface area contributed by atoms with Gasteiger partial charge >= 0.3 is 0 Å². The van der Waals surface area contributed by atoms with Crippen LogP contribution in [0.4, 0.5) is 0 Å². The van der Waals surface area contributed by atoms with Crippen molar-refractivity contribution in [2.75, 3.05) is 6.54 Å². The molecular weight excluding hydrogens is 344 g/mol. The number of hydrogen-bond acceptors (Lipinski definition) is 4. The zero-order chi connectivity index (χ0) is 15.2. The van der Waals surface area contributed by atoms with Crippen LogP contribution in [0.2, 0.25) is 0 Å². The van der Waals surface area contributed by atoms with Crippen molar-refractivity contribution in [3.63, 3.8) is 0 Å². The number of halogens is 1. The van der Waals surface area contributed by atoms with Crippen molar-refractivity contribution in [3.8, 4) is 0 Å². The minimum Gasteiger partial charge on any atom is -0.312 e. The lowest BCUT2D eigenvalue weighted by Gasteiger charge is -2.17. The number of aromatic nitrogens is 3. The Kier molecular flexibility index (Phi) is 3.38. The maximum absolute atomic E-state index is 12.5. The molecule has 2 aromatic heterocycles. The molecule has 0 amide bonds. The predicted octanol–water partition coefficient (Wildman–Crippen LogP) is 2.04. The molecule has 6 heteroatoms. The average Bonchev–Trinajstić information content (AvgIpc) is 3.32. The third-order valence-corrected chi connectivity index (χ3v) is 5.09. The number of pyridine rings is 1. The van der Waals surface area contributed by atoms with Gasteiger partial charge in [0.1, 0.15) is 10.4 Å². The fourth-order valence-electron chi connectivity index (χ4n) is 3.24. The molecule has 1 aliphatic carbocycles. The van der Waals surface area contributed by atoms with E-state index >= 15 is 0 Å². The number of fused-ring (bicyclic) bond motifs is 1. The summed E-state index contributed by atoms with van der Waals surface area (Å²) in [4.78, 5) is 24.5. The Morgan fingerprint density at radius 1 is 1.32 bits per heavy atom. The number of rotatable bonds is 2. The second kappa shape index (κ2) is 5.28. The standard InChI is InChI=1S/C16H17BrN4O/c17-13-8-10(3-7-19-13)16(4-5-16)15-20-12-2-1-6-18-9-11(12)14(22)21-15/h3,7-8,18H,1-2,4-6,9H2,(H,20,21,22). The number of nitrogens with zero attached hydrogens (tertiary/aromatic N) is 2. The number of aryl methyl sites for hydroxylation is 1. The van der Waals surface area contributed by atoms with Gasteiger partial charge in [0, 0.05) is 12.7 Å². The van der Waals surface area contributed by atoms with E-state index in [9.17, 15) is 4.79 Å². The topological polar surface area (TPSA) is 70.7 Å². The molecule has 1 aliphatic heterocycles. The minimum absolute atomic E-state index is 0.00815. The molecule has 0 spiro atoms. The maximum atomic E-state index is 12.5. The summed E-state index contributed by atoms with van der Waals surface area (Å²) in [6.07, 6.45) is 5.73. The van der Waals surface area contributed by atoms with Crippen LogP contribution in [0.15, 0.2) is 27.7 Å². The van der Waals surface area contributed by atoms with Gasteiger partial charge in [0.05, 0.1) is 16.7 Å². The van der Waals surface area contributed by atoms with Crippen LogP contribution in [0.5, 0.6) is 0 Å². The molecule has 2 aliphatic rings. The van der Waals surface area contributed by atoms with E-state index in [1.54, 1.807) is 6.20 Å². The first-order valence-corrected chi connectivity index (χ1v) is 8.44. The molecule has 0 aromatic carbocycles. The van der Waals surface area contributed by atoms with Crippen LogP contribution in [-0.4, -0.2) is 21.5 Å². The Balaban J connectivity index is 1.82. The van der Waals surface area contributed by atoms with Gasteiger partial charge in [0.2, 0.25) is 0 Å². The fraction of sp³-hybridized carbons (Fsp3) is 0.438. The van der Waals surface area contributed by atoms with Crippen molar-refractivity contribution in [3.05, 3.63) is 55.9 Å². The molecule has 4 rings (SSSR count). The number of hydrogen-bond donors (Lipinski definition) is 2. The zero-order valence-corrected chi connectivity index (χ0v) is 13.7. The Bertz CT molecular complexity index is 782. The third kappa shape index (κ3) is 2.30. The predicted molar refractivity (Wildman–Crippen MR) is 86.8 cm³/mol. The fourth-order valence-corrected chi connectivity index (χ4v) is 3.61. The highest BCUT2D eigenvalue weighted by atomic mass is 79.9. The summed E-state index contributed by atoms with van der Waals surface area (Å²) in [5.74, 6) is 0.816. The highest BCUT2D eigenvalue weighted by molar-refractivity contribution is 9.10. The van der Waals surface area contributed by atoms with Gasteiger partial charge in [-0.25, -0.2) is 9.97 Å². The molecule has 5 nitrogen and oxygen atoms in total. The minimum atomic E-state index is -0.140. The van der Waals surface area contributed by atoms with Gasteiger partial charge in [-0.05, 0) is 65.9 Å². The van der Waals surface area contributed by atoms with Gasteiger partial charge in [-0.15, -0.1) is 0 Å². The molecule has 114 valence electrons. The molecule has 1 saturated carbocycles. The summed E-state index contributed by atoms with van der Waals surface area (Å²) in [5, 5.41) is 3.28. The molecule has 0 unspecified atom stereocenters. The van der Waals surface area contributed by atoms with Gasteiger partial charge < -0.3 is 10.3 Å². The summed E-state index contributed by atoms with van der Waals surface area (Å²) in [5.41, 5.74) is 2.80. The molecule has 2 aromatic rings. The van der Waals surface area contributed by atoms with E-state index in [4.69, 9.17) is 4.98 Å². The van der Waals surface area contributed by atoms with Crippen molar-refractivity contribution in [2.24, 2.45) is 0 Å². The SMILES string of the molecule is O=c1[nH]c(C2(c3ccnc(Br)c3)CC2)nc2c1CNCCC2. The Labute approximate surface area is 136 Å². The maximum Gasteiger partial charge on any atom is 0.255 e. The Morgan fingerprint density at radius 2 is 2.18 bits per heavy atom. The van der Waals surface area contributed by atoms with E-state index in [1.807, 2.05) is 12.1 Å². The summed E-state index contributed by atoms with van der Waals surface area (Å²) in [6.45, 7) is 1.55. The van der Waals surface area contributed by atoms with E-state index in [0.29, 0.717) is 6.54 Å². The van der Waals surface area contributed by atoms with E-state index in [0.717, 1.165) is 53.9 Å². The van der Waals surface area contributed by atoms with Crippen LogP contribution < -0.4 is 10.9 Å². The second-order valence-corrected chi connectivity index (χ2v) is 6.88. The molecule has 2 N–H and O–H groups in total. The Hall–Kier alpha value is -1.53. The number of H-pyrrole nitrogens is 1.